The molecule has 0 unspecified atom stereocenters. The summed E-state index contributed by atoms with van der Waals surface area (Å²) >= 11 is 16.4. The molecule has 0 saturated heterocycles. The van der Waals surface area contributed by atoms with E-state index in [1.165, 1.54) is 128 Å². The summed E-state index contributed by atoms with van der Waals surface area (Å²) < 4.78 is 0. The Hall–Kier alpha value is -4.44. The summed E-state index contributed by atoms with van der Waals surface area (Å²) in [5.74, 6) is 19.8. The van der Waals surface area contributed by atoms with Crippen LogP contribution in [0.4, 0.5) is 0 Å². The molecule has 9 heteroatoms. The van der Waals surface area contributed by atoms with Crippen molar-refractivity contribution in [3.63, 3.8) is 0 Å². The highest BCUT2D eigenvalue weighted by Gasteiger charge is 2.42. The Labute approximate surface area is 730 Å². The molecule has 0 aromatic heterocycles. The van der Waals surface area contributed by atoms with Gasteiger partial charge in [-0.2, -0.15) is 94.1 Å². The molecule has 0 aliphatic rings. The molecule has 0 heterocycles. The minimum atomic E-state index is -1.97. The van der Waals surface area contributed by atoms with E-state index < -0.39 is 8.07 Å². The van der Waals surface area contributed by atoms with E-state index in [0.717, 1.165) is 92.0 Å². The number of thioether (sulfide) groups is 8. The first-order valence-corrected chi connectivity index (χ1v) is 53.3. The van der Waals surface area contributed by atoms with Gasteiger partial charge >= 0.3 is 0 Å². The fourth-order valence-electron chi connectivity index (χ4n) is 15.2. The molecule has 9 aromatic rings. The smallest absolute Gasteiger partial charge is 0.146 e. The summed E-state index contributed by atoms with van der Waals surface area (Å²) in [7, 11) is -1.97. The zero-order valence-corrected chi connectivity index (χ0v) is 81.7. The predicted molar refractivity (Wildman–Crippen MR) is 528 cm³/mol. The lowest BCUT2D eigenvalue weighted by Crippen LogP contribution is -2.43. The highest BCUT2D eigenvalue weighted by molar-refractivity contribution is 7.99. The molecule has 610 valence electrons. The topological polar surface area (TPSA) is 0 Å². The number of rotatable bonds is 35. The third kappa shape index (κ3) is 29.5. The van der Waals surface area contributed by atoms with Crippen molar-refractivity contribution in [3.05, 3.63) is 316 Å². The van der Waals surface area contributed by atoms with Crippen LogP contribution in [0.1, 0.15) is 294 Å². The molecule has 114 heavy (non-hydrogen) atoms. The Morgan fingerprint density at radius 1 is 0.211 bits per heavy atom. The monoisotopic (exact) mass is 1680 g/mol. The zero-order chi connectivity index (χ0) is 82.8. The molecule has 0 N–H and O–H groups in total. The largest absolute Gasteiger partial charge is 0.152 e. The van der Waals surface area contributed by atoms with Crippen LogP contribution in [-0.2, 0) is 125 Å². The molecular weight excluding hydrogens is 1550 g/mol. The molecule has 0 bridgehead atoms. The third-order valence-corrected chi connectivity index (χ3v) is 36.7. The molecule has 0 nitrogen and oxygen atoms in total. The zero-order valence-electron chi connectivity index (χ0n) is 74.2. The maximum Gasteiger partial charge on any atom is 0.146 e. The molecule has 0 aliphatic carbocycles. The molecule has 0 amide bonds. The van der Waals surface area contributed by atoms with E-state index in [-0.39, 0.29) is 32.5 Å². The van der Waals surface area contributed by atoms with Gasteiger partial charge in [-0.1, -0.05) is 348 Å². The standard InChI is InChI=1S/C105H138S8Si/c1-74(2)114(75(3)4,76(5)6)36-35-79-37-80(60-108-64-84-42-88(52-96(48-84)102(13,14)15)68-112-72-92-44-90(54-98(56-92)104(19,20)21)70-110-66-86-40-82(46-94(50-86)100(7,8)9)62-106-58-77-31-27-25-28-32-77)39-81(38-79)61-109-65-85-43-89(53-97(49-85)103(16,17)18)69-113-73-93-45-91(55-99(57-93)105(22,23)24)71-111-67-87-41-83(47-95(51-87)101(10,11)12)63-107-59-78-33-29-26-30-34-78/h25-34,37-57,74-76H,58-73H2,1-24H3. The van der Waals surface area contributed by atoms with E-state index in [2.05, 4.69) is 436 Å². The average molecular weight is 1680 g/mol. The summed E-state index contributed by atoms with van der Waals surface area (Å²) in [6.07, 6.45) is 0. The van der Waals surface area contributed by atoms with Gasteiger partial charge in [0.15, 0.2) is 0 Å². The van der Waals surface area contributed by atoms with Gasteiger partial charge in [-0.05, 0) is 184 Å². The summed E-state index contributed by atoms with van der Waals surface area (Å²) in [6.45, 7) is 57.2. The maximum atomic E-state index is 4.12. The van der Waals surface area contributed by atoms with Crippen LogP contribution in [0.3, 0.4) is 0 Å². The van der Waals surface area contributed by atoms with E-state index in [9.17, 15) is 0 Å². The second-order valence-corrected chi connectivity index (χ2v) is 52.8. The Balaban J connectivity index is 0.856. The first-order valence-electron chi connectivity index (χ1n) is 41.8. The van der Waals surface area contributed by atoms with Crippen molar-refractivity contribution in [1.82, 2.24) is 0 Å². The van der Waals surface area contributed by atoms with Gasteiger partial charge in [-0.3, -0.25) is 0 Å². The minimum absolute atomic E-state index is 0.0408. The fraction of sp³-hybridized carbons (Fsp3) is 0.467. The lowest BCUT2D eigenvalue weighted by atomic mass is 9.85. The van der Waals surface area contributed by atoms with Gasteiger partial charge in [-0.15, -0.1) is 5.54 Å². The van der Waals surface area contributed by atoms with E-state index in [0.29, 0.717) is 16.6 Å². The van der Waals surface area contributed by atoms with E-state index in [4.69, 9.17) is 0 Å². The van der Waals surface area contributed by atoms with Crippen LogP contribution in [0.2, 0.25) is 16.6 Å². The van der Waals surface area contributed by atoms with E-state index in [1.54, 1.807) is 0 Å². The van der Waals surface area contributed by atoms with Crippen LogP contribution in [0.5, 0.6) is 0 Å². The molecule has 0 radical (unpaired) electrons. The highest BCUT2D eigenvalue weighted by atomic mass is 32.2. The lowest BCUT2D eigenvalue weighted by Gasteiger charge is -2.38. The quantitative estimate of drug-likeness (QED) is 0.0281. The van der Waals surface area contributed by atoms with Crippen LogP contribution in [-0.4, -0.2) is 8.07 Å². The van der Waals surface area contributed by atoms with Gasteiger partial charge in [0, 0.05) is 97.6 Å². The number of benzene rings is 9. The summed E-state index contributed by atoms with van der Waals surface area (Å²) in [6, 6.07) is 73.9. The third-order valence-electron chi connectivity index (χ3n) is 21.8. The van der Waals surface area contributed by atoms with Gasteiger partial charge in [0.2, 0.25) is 0 Å². The molecule has 9 aromatic carbocycles. The van der Waals surface area contributed by atoms with E-state index >= 15 is 0 Å². The van der Waals surface area contributed by atoms with Crippen molar-refractivity contribution in [2.45, 2.75) is 307 Å². The number of hydrogen-bond acceptors (Lipinski definition) is 8. The van der Waals surface area contributed by atoms with Crippen LogP contribution in [0, 0.1) is 11.5 Å². The maximum absolute atomic E-state index is 4.12. The Bertz CT molecular complexity index is 4340. The number of hydrogen-bond donors (Lipinski definition) is 0. The molecule has 0 spiro atoms. The summed E-state index contributed by atoms with van der Waals surface area (Å²) in [5, 5.41) is 0. The van der Waals surface area contributed by atoms with Gasteiger partial charge in [0.1, 0.15) is 8.07 Å². The minimum Gasteiger partial charge on any atom is -0.152 e. The molecule has 9 rings (SSSR count). The van der Waals surface area contributed by atoms with Gasteiger partial charge < -0.3 is 0 Å². The van der Waals surface area contributed by atoms with Crippen LogP contribution < -0.4 is 0 Å². The van der Waals surface area contributed by atoms with Crippen molar-refractivity contribution >= 4 is 102 Å². The summed E-state index contributed by atoms with van der Waals surface area (Å²) in [4.78, 5) is 0. The van der Waals surface area contributed by atoms with Gasteiger partial charge in [-0.25, -0.2) is 0 Å². The Morgan fingerprint density at radius 2 is 0.360 bits per heavy atom. The van der Waals surface area contributed by atoms with Crippen molar-refractivity contribution in [1.29, 1.82) is 0 Å². The predicted octanol–water partition coefficient (Wildman–Crippen LogP) is 32.5. The fourth-order valence-corrected chi connectivity index (χ4v) is 27.8. The van der Waals surface area contributed by atoms with Crippen molar-refractivity contribution in [3.8, 4) is 11.5 Å². The van der Waals surface area contributed by atoms with Crippen LogP contribution >= 0.6 is 94.1 Å². The normalized spacial score (nSPS) is 12.7. The van der Waals surface area contributed by atoms with Crippen LogP contribution in [0.25, 0.3) is 0 Å². The molecular formula is C105H138S8Si. The van der Waals surface area contributed by atoms with Gasteiger partial charge in [0.05, 0.1) is 0 Å². The van der Waals surface area contributed by atoms with Crippen molar-refractivity contribution in [2.75, 3.05) is 0 Å². The second-order valence-electron chi connectivity index (χ2n) is 39.3. The molecule has 0 atom stereocenters. The van der Waals surface area contributed by atoms with E-state index in [1.807, 2.05) is 23.5 Å². The first kappa shape index (κ1) is 93.4. The Morgan fingerprint density at radius 3 is 0.509 bits per heavy atom. The molecule has 0 saturated carbocycles. The summed E-state index contributed by atoms with van der Waals surface area (Å²) in [5.41, 5.74) is 38.8. The molecule has 0 fully saturated rings. The SMILES string of the molecule is CC(C)[Si](C#Cc1cc(CSCc2cc(CSCc3cc(CSCc4cc(CSCc5ccccc5)cc(C(C)(C)C)c4)cc(C(C)(C)C)c3)cc(C(C)(C)C)c2)cc(CSCc2cc(CSCc3cc(CSCc4cc(CSCc5ccccc5)cc(C(C)(C)C)c4)cc(C(C)(C)C)c3)cc(C(C)(C)C)c2)c1)(C(C)C)C(C)C. The first-order chi connectivity index (χ1) is 53.6. The highest BCUT2D eigenvalue weighted by Crippen LogP contribution is 2.43. The van der Waals surface area contributed by atoms with Crippen LogP contribution in [0.15, 0.2) is 188 Å². The van der Waals surface area contributed by atoms with Gasteiger partial charge in [0.25, 0.3) is 0 Å². The lowest BCUT2D eigenvalue weighted by molar-refractivity contribution is 0.588. The average Bonchev–Trinajstić information content (AvgIpc) is 0.796. The van der Waals surface area contributed by atoms with Crippen molar-refractivity contribution < 1.29 is 0 Å². The Kier molecular flexibility index (Phi) is 34.6. The van der Waals surface area contributed by atoms with Crippen molar-refractivity contribution in [2.24, 2.45) is 0 Å². The molecule has 0 aliphatic heterocycles. The second kappa shape index (κ2) is 42.2.